The predicted octanol–water partition coefficient (Wildman–Crippen LogP) is 5.62. The number of H-pyrrole nitrogens is 1. The summed E-state index contributed by atoms with van der Waals surface area (Å²) in [5, 5.41) is 21.5. The molecular weight excluding hydrogens is 515 g/mol. The molecule has 0 bridgehead atoms. The lowest BCUT2D eigenvalue weighted by Gasteiger charge is -2.18. The van der Waals surface area contributed by atoms with Crippen LogP contribution in [0.15, 0.2) is 48.5 Å². The maximum atomic E-state index is 12.9. The van der Waals surface area contributed by atoms with Crippen LogP contribution >= 0.6 is 23.2 Å². The van der Waals surface area contributed by atoms with Crippen molar-refractivity contribution in [1.82, 2.24) is 15.1 Å². The van der Waals surface area contributed by atoms with Crippen molar-refractivity contribution >= 4 is 45.8 Å². The fraction of sp³-hybridized carbons (Fsp3) is 0.259. The number of nitrogens with zero attached hydrogens (tertiary/aromatic N) is 2. The predicted molar refractivity (Wildman–Crippen MR) is 147 cm³/mol. The lowest BCUT2D eigenvalue weighted by Crippen LogP contribution is -2.27. The van der Waals surface area contributed by atoms with E-state index in [-0.39, 0.29) is 5.91 Å². The molecule has 3 aromatic carbocycles. The Morgan fingerprint density at radius 2 is 1.70 bits per heavy atom. The molecule has 0 saturated heterocycles. The molecule has 0 aliphatic rings. The van der Waals surface area contributed by atoms with Gasteiger partial charge < -0.3 is 19.9 Å². The van der Waals surface area contributed by atoms with Crippen LogP contribution in [0.2, 0.25) is 10.0 Å². The highest BCUT2D eigenvalue weighted by molar-refractivity contribution is 6.41. The average Bonchev–Trinajstić information content (AvgIpc) is 3.29. The molecule has 0 radical (unpaired) electrons. The van der Waals surface area contributed by atoms with E-state index in [2.05, 4.69) is 15.5 Å². The van der Waals surface area contributed by atoms with E-state index in [1.54, 1.807) is 23.1 Å². The van der Waals surface area contributed by atoms with Crippen molar-refractivity contribution in [2.75, 3.05) is 33.6 Å². The Kier molecular flexibility index (Phi) is 8.24. The van der Waals surface area contributed by atoms with Crippen molar-refractivity contribution in [2.45, 2.75) is 19.1 Å². The zero-order valence-electron chi connectivity index (χ0n) is 20.9. The van der Waals surface area contributed by atoms with Gasteiger partial charge in [0.15, 0.2) is 5.82 Å². The zero-order chi connectivity index (χ0) is 26.7. The Hall–Kier alpha value is -3.30. The number of amides is 1. The number of hydrogen-bond acceptors (Lipinski definition) is 6. The first-order valence-corrected chi connectivity index (χ1v) is 12.3. The average molecular weight is 543 g/mol. The minimum Gasteiger partial charge on any atom is -0.495 e. The van der Waals surface area contributed by atoms with E-state index in [1.165, 1.54) is 14.2 Å². The standard InChI is InChI=1S/C27H28Cl2N4O4/c1-33(2)22(34)12-7-15-5-8-16(9-6-15)27(35)30-26-18-11-10-17(13-19(18)31-32-26)23-24(28)20(36-3)14-21(37-4)25(23)29/h5-6,8-11,13-14,22,34H,7,12H2,1-4H3,(H2,30,31,32,35). The maximum Gasteiger partial charge on any atom is 0.256 e. The number of benzene rings is 3. The van der Waals surface area contributed by atoms with E-state index < -0.39 is 6.23 Å². The first kappa shape index (κ1) is 26.8. The molecule has 4 aromatic rings. The van der Waals surface area contributed by atoms with Crippen molar-refractivity contribution in [2.24, 2.45) is 0 Å². The van der Waals surface area contributed by atoms with Crippen LogP contribution in [0.1, 0.15) is 22.3 Å². The van der Waals surface area contributed by atoms with Gasteiger partial charge in [-0.05, 0) is 62.3 Å². The summed E-state index contributed by atoms with van der Waals surface area (Å²) >= 11 is 13.1. The van der Waals surface area contributed by atoms with Crippen molar-refractivity contribution in [3.05, 3.63) is 69.7 Å². The van der Waals surface area contributed by atoms with E-state index >= 15 is 0 Å². The Morgan fingerprint density at radius 1 is 1.05 bits per heavy atom. The molecule has 8 nitrogen and oxygen atoms in total. The quantitative estimate of drug-likeness (QED) is 0.237. The second kappa shape index (κ2) is 11.4. The second-order valence-corrected chi connectivity index (χ2v) is 9.51. The molecule has 10 heteroatoms. The van der Waals surface area contributed by atoms with E-state index in [4.69, 9.17) is 32.7 Å². The van der Waals surface area contributed by atoms with Crippen LogP contribution in [-0.2, 0) is 6.42 Å². The van der Waals surface area contributed by atoms with Gasteiger partial charge in [-0.2, -0.15) is 5.10 Å². The molecule has 4 rings (SSSR count). The van der Waals surface area contributed by atoms with E-state index in [0.29, 0.717) is 56.8 Å². The van der Waals surface area contributed by atoms with Crippen LogP contribution in [0, 0.1) is 0 Å². The van der Waals surface area contributed by atoms with Gasteiger partial charge in [0.25, 0.3) is 5.91 Å². The zero-order valence-corrected chi connectivity index (χ0v) is 22.4. The number of aromatic amines is 1. The summed E-state index contributed by atoms with van der Waals surface area (Å²) in [5.74, 6) is 1.01. The van der Waals surface area contributed by atoms with Crippen LogP contribution in [0.3, 0.4) is 0 Å². The van der Waals surface area contributed by atoms with E-state index in [9.17, 15) is 9.90 Å². The van der Waals surface area contributed by atoms with Gasteiger partial charge >= 0.3 is 0 Å². The van der Waals surface area contributed by atoms with E-state index in [0.717, 1.165) is 16.5 Å². The number of anilines is 1. The van der Waals surface area contributed by atoms with Crippen LogP contribution in [0.4, 0.5) is 5.82 Å². The maximum absolute atomic E-state index is 12.9. The minimum atomic E-state index is -0.505. The molecular formula is C27H28Cl2N4O4. The van der Waals surface area contributed by atoms with Gasteiger partial charge in [0.1, 0.15) is 17.7 Å². The third-order valence-electron chi connectivity index (χ3n) is 6.16. The summed E-state index contributed by atoms with van der Waals surface area (Å²) in [6, 6.07) is 14.5. The summed E-state index contributed by atoms with van der Waals surface area (Å²) in [6.07, 6.45) is 0.814. The highest BCUT2D eigenvalue weighted by Gasteiger charge is 2.20. The van der Waals surface area contributed by atoms with Crippen LogP contribution < -0.4 is 14.8 Å². The molecule has 1 atom stereocenters. The lowest BCUT2D eigenvalue weighted by molar-refractivity contribution is 0.0338. The summed E-state index contributed by atoms with van der Waals surface area (Å²) in [4.78, 5) is 14.6. The van der Waals surface area contributed by atoms with Gasteiger partial charge in [-0.1, -0.05) is 41.4 Å². The SMILES string of the molecule is COc1cc(OC)c(Cl)c(-c2ccc3c(NC(=O)c4ccc(CCC(O)N(C)C)cc4)n[nH]c3c2)c1Cl. The smallest absolute Gasteiger partial charge is 0.256 e. The molecule has 194 valence electrons. The van der Waals surface area contributed by atoms with Crippen molar-refractivity contribution in [3.8, 4) is 22.6 Å². The number of aliphatic hydroxyl groups excluding tert-OH is 1. The van der Waals surface area contributed by atoms with Crippen LogP contribution in [0.25, 0.3) is 22.0 Å². The molecule has 0 aliphatic heterocycles. The molecule has 37 heavy (non-hydrogen) atoms. The number of carbonyl (C=O) groups excluding carboxylic acids is 1. The Balaban J connectivity index is 1.54. The molecule has 0 aliphatic carbocycles. The molecule has 0 spiro atoms. The number of halogens is 2. The van der Waals surface area contributed by atoms with Gasteiger partial charge in [0.05, 0.1) is 29.8 Å². The van der Waals surface area contributed by atoms with Crippen molar-refractivity contribution in [1.29, 1.82) is 0 Å². The third kappa shape index (κ3) is 5.67. The Labute approximate surface area is 225 Å². The molecule has 1 heterocycles. The highest BCUT2D eigenvalue weighted by atomic mass is 35.5. The monoisotopic (exact) mass is 542 g/mol. The normalized spacial score (nSPS) is 12.1. The lowest BCUT2D eigenvalue weighted by atomic mass is 10.0. The summed E-state index contributed by atoms with van der Waals surface area (Å²) in [7, 11) is 6.71. The number of hydrogen-bond donors (Lipinski definition) is 3. The molecule has 1 unspecified atom stereocenters. The van der Waals surface area contributed by atoms with Gasteiger partial charge in [0, 0.05) is 22.6 Å². The number of methoxy groups -OCH3 is 2. The summed E-state index contributed by atoms with van der Waals surface area (Å²) < 4.78 is 10.7. The number of carbonyl (C=O) groups is 1. The topological polar surface area (TPSA) is 99.7 Å². The number of aromatic nitrogens is 2. The van der Waals surface area contributed by atoms with E-state index in [1.807, 2.05) is 44.4 Å². The van der Waals surface area contributed by atoms with Crippen molar-refractivity contribution in [3.63, 3.8) is 0 Å². The molecule has 1 amide bonds. The third-order valence-corrected chi connectivity index (χ3v) is 6.91. The number of aryl methyl sites for hydroxylation is 1. The van der Waals surface area contributed by atoms with Gasteiger partial charge in [-0.25, -0.2) is 0 Å². The summed E-state index contributed by atoms with van der Waals surface area (Å²) in [5.41, 5.74) is 3.54. The van der Waals surface area contributed by atoms with Crippen LogP contribution in [-0.4, -0.2) is 60.7 Å². The van der Waals surface area contributed by atoms with Gasteiger partial charge in [0.2, 0.25) is 0 Å². The number of rotatable bonds is 9. The first-order valence-electron chi connectivity index (χ1n) is 11.6. The number of nitrogens with one attached hydrogen (secondary N) is 2. The van der Waals surface area contributed by atoms with Crippen molar-refractivity contribution < 1.29 is 19.4 Å². The number of ether oxygens (including phenoxy) is 2. The van der Waals surface area contributed by atoms with Gasteiger partial charge in [-0.3, -0.25) is 14.8 Å². The highest BCUT2D eigenvalue weighted by Crippen LogP contribution is 2.46. The fourth-order valence-electron chi connectivity index (χ4n) is 3.97. The minimum absolute atomic E-state index is 0.277. The molecule has 3 N–H and O–H groups in total. The Bertz CT molecular complexity index is 1390. The number of fused-ring (bicyclic) bond motifs is 1. The molecule has 1 aromatic heterocycles. The molecule has 0 fully saturated rings. The van der Waals surface area contributed by atoms with Gasteiger partial charge in [-0.15, -0.1) is 0 Å². The first-order chi connectivity index (χ1) is 17.7. The molecule has 0 saturated carbocycles. The second-order valence-electron chi connectivity index (χ2n) is 8.75. The largest absolute Gasteiger partial charge is 0.495 e. The summed E-state index contributed by atoms with van der Waals surface area (Å²) in [6.45, 7) is 0. The fourth-order valence-corrected chi connectivity index (χ4v) is 4.68. The Morgan fingerprint density at radius 3 is 2.30 bits per heavy atom. The van der Waals surface area contributed by atoms with Crippen LogP contribution in [0.5, 0.6) is 11.5 Å². The number of aliphatic hydroxyl groups is 1.